The second-order valence-corrected chi connectivity index (χ2v) is 7.83. The maximum Gasteiger partial charge on any atom is 0.335 e. The Morgan fingerprint density at radius 3 is 2.45 bits per heavy atom. The van der Waals surface area contributed by atoms with Crippen molar-refractivity contribution < 1.29 is 27.9 Å². The quantitative estimate of drug-likeness (QED) is 0.547. The van der Waals surface area contributed by atoms with Gasteiger partial charge >= 0.3 is 5.97 Å². The largest absolute Gasteiger partial charge is 0.478 e. The molecule has 2 aromatic carbocycles. The zero-order chi connectivity index (χ0) is 23.7. The number of rotatable bonds is 6. The zero-order valence-corrected chi connectivity index (χ0v) is 17.3. The molecule has 1 aliphatic rings. The second-order valence-electron chi connectivity index (χ2n) is 7.83. The van der Waals surface area contributed by atoms with Crippen LogP contribution >= 0.6 is 0 Å². The molecule has 11 heteroatoms. The van der Waals surface area contributed by atoms with Crippen LogP contribution < -0.4 is 5.73 Å². The van der Waals surface area contributed by atoms with Gasteiger partial charge in [0.05, 0.1) is 24.3 Å². The van der Waals surface area contributed by atoms with E-state index in [1.54, 1.807) is 21.7 Å². The van der Waals surface area contributed by atoms with E-state index >= 15 is 0 Å². The molecule has 8 nitrogen and oxygen atoms in total. The Morgan fingerprint density at radius 2 is 1.76 bits per heavy atom. The summed E-state index contributed by atoms with van der Waals surface area (Å²) in [5.41, 5.74) is 7.94. The normalized spacial score (nSPS) is 14.1. The fraction of sp³-hybridized carbons (Fsp3) is 0.273. The molecule has 0 saturated heterocycles. The first kappa shape index (κ1) is 22.5. The number of carboxylic acids is 1. The van der Waals surface area contributed by atoms with Crippen LogP contribution in [0.2, 0.25) is 0 Å². The summed E-state index contributed by atoms with van der Waals surface area (Å²) in [6, 6.07) is 6.61. The van der Waals surface area contributed by atoms with E-state index in [0.29, 0.717) is 36.1 Å². The fourth-order valence-electron chi connectivity index (χ4n) is 3.78. The van der Waals surface area contributed by atoms with Gasteiger partial charge in [0, 0.05) is 30.6 Å². The van der Waals surface area contributed by atoms with Crippen molar-refractivity contribution in [1.29, 1.82) is 0 Å². The van der Waals surface area contributed by atoms with Gasteiger partial charge in [0.25, 0.3) is 0 Å². The smallest absolute Gasteiger partial charge is 0.335 e. The summed E-state index contributed by atoms with van der Waals surface area (Å²) in [7, 11) is 0. The highest BCUT2D eigenvalue weighted by molar-refractivity contribution is 5.88. The number of halogens is 3. The van der Waals surface area contributed by atoms with Gasteiger partial charge < -0.3 is 15.7 Å². The molecule has 33 heavy (non-hydrogen) atoms. The van der Waals surface area contributed by atoms with Crippen LogP contribution in [0.15, 0.2) is 36.4 Å². The lowest BCUT2D eigenvalue weighted by molar-refractivity contribution is -0.133. The van der Waals surface area contributed by atoms with Crippen molar-refractivity contribution in [2.75, 3.05) is 6.54 Å². The van der Waals surface area contributed by atoms with Crippen LogP contribution in [-0.4, -0.2) is 49.5 Å². The highest BCUT2D eigenvalue weighted by atomic mass is 19.2. The summed E-state index contributed by atoms with van der Waals surface area (Å²) >= 11 is 0. The summed E-state index contributed by atoms with van der Waals surface area (Å²) < 4.78 is 42.1. The zero-order valence-electron chi connectivity index (χ0n) is 17.3. The molecule has 4 rings (SSSR count). The van der Waals surface area contributed by atoms with E-state index in [9.17, 15) is 22.8 Å². The van der Waals surface area contributed by atoms with Gasteiger partial charge in [-0.25, -0.2) is 22.6 Å². The Hall–Kier alpha value is -3.73. The minimum absolute atomic E-state index is 0.0952. The molecule has 3 N–H and O–H groups in total. The molecule has 0 aliphatic carbocycles. The molecule has 1 aromatic heterocycles. The third-order valence-electron chi connectivity index (χ3n) is 5.53. The lowest BCUT2D eigenvalue weighted by Gasteiger charge is -2.28. The molecule has 1 aliphatic heterocycles. The lowest BCUT2D eigenvalue weighted by atomic mass is 10.0. The molecule has 0 fully saturated rings. The van der Waals surface area contributed by atoms with Crippen molar-refractivity contribution in [3.8, 4) is 11.3 Å². The number of carbonyl (C=O) groups is 2. The molecule has 172 valence electrons. The van der Waals surface area contributed by atoms with Crippen molar-refractivity contribution in [2.45, 2.75) is 32.0 Å². The van der Waals surface area contributed by atoms with E-state index in [-0.39, 0.29) is 36.4 Å². The molecule has 0 bridgehead atoms. The number of nitrogens with zero attached hydrogens (tertiary/aromatic N) is 4. The Labute approximate surface area is 186 Å². The van der Waals surface area contributed by atoms with Crippen molar-refractivity contribution in [3.05, 3.63) is 70.7 Å². The number of benzene rings is 2. The van der Waals surface area contributed by atoms with E-state index < -0.39 is 29.5 Å². The van der Waals surface area contributed by atoms with Crippen LogP contribution in [0.5, 0.6) is 0 Å². The van der Waals surface area contributed by atoms with Gasteiger partial charge in [-0.15, -0.1) is 5.10 Å². The average molecular weight is 459 g/mol. The molecule has 0 radical (unpaired) electrons. The van der Waals surface area contributed by atoms with Gasteiger partial charge in [-0.2, -0.15) is 0 Å². The number of amides is 1. The van der Waals surface area contributed by atoms with Crippen LogP contribution in [0.1, 0.15) is 28.0 Å². The highest BCUT2D eigenvalue weighted by Gasteiger charge is 2.27. The Bertz CT molecular complexity index is 1210. The van der Waals surface area contributed by atoms with Crippen molar-refractivity contribution in [3.63, 3.8) is 0 Å². The lowest BCUT2D eigenvalue weighted by Crippen LogP contribution is -2.41. The van der Waals surface area contributed by atoms with Crippen molar-refractivity contribution >= 4 is 11.9 Å². The number of hydrogen-bond donors (Lipinski definition) is 2. The number of hydrogen-bond acceptors (Lipinski definition) is 5. The number of aromatic carboxylic acids is 1. The van der Waals surface area contributed by atoms with Crippen LogP contribution in [0.3, 0.4) is 0 Å². The molecular formula is C22H20F3N5O3. The maximum atomic E-state index is 13.9. The third-order valence-corrected chi connectivity index (χ3v) is 5.53. The molecular weight excluding hydrogens is 439 g/mol. The molecule has 0 spiro atoms. The number of aromatic nitrogens is 3. The highest BCUT2D eigenvalue weighted by Crippen LogP contribution is 2.26. The number of nitrogens with two attached hydrogens (primary N) is 1. The minimum Gasteiger partial charge on any atom is -0.478 e. The van der Waals surface area contributed by atoms with Gasteiger partial charge in [-0.05, 0) is 30.2 Å². The van der Waals surface area contributed by atoms with E-state index in [1.165, 1.54) is 12.1 Å². The standard InChI is InChI=1S/C22H20F3N5O3/c23-16-10-18(25)17(24)8-14(16)7-15(26)9-20(31)29-5-6-30-19(11-29)21(27-28-30)12-1-3-13(4-2-12)22(32)33/h1-4,8,10,15H,5-7,9,11,26H2,(H,32,33)/t15-/m1/s1. The van der Waals surface area contributed by atoms with Crippen LogP contribution in [0, 0.1) is 17.5 Å². The SMILES string of the molecule is N[C@@H](CC(=O)N1CCn2nnc(-c3ccc(C(=O)O)cc3)c2C1)Cc1cc(F)c(F)cc1F. The molecule has 1 amide bonds. The monoisotopic (exact) mass is 459 g/mol. The van der Waals surface area contributed by atoms with Crippen molar-refractivity contribution in [2.24, 2.45) is 5.73 Å². The van der Waals surface area contributed by atoms with Crippen LogP contribution in [-0.2, 0) is 24.3 Å². The molecule has 2 heterocycles. The van der Waals surface area contributed by atoms with Gasteiger partial charge in [0.1, 0.15) is 11.5 Å². The average Bonchev–Trinajstić information content (AvgIpc) is 3.20. The summed E-state index contributed by atoms with van der Waals surface area (Å²) in [5.74, 6) is -4.69. The maximum absolute atomic E-state index is 13.9. The van der Waals surface area contributed by atoms with Crippen LogP contribution in [0.4, 0.5) is 13.2 Å². The predicted octanol–water partition coefficient (Wildman–Crippen LogP) is 2.36. The van der Waals surface area contributed by atoms with Gasteiger partial charge in [0.2, 0.25) is 5.91 Å². The Balaban J connectivity index is 1.44. The second kappa shape index (κ2) is 9.02. The van der Waals surface area contributed by atoms with Crippen molar-refractivity contribution in [1.82, 2.24) is 19.9 Å². The number of carbonyl (C=O) groups excluding carboxylic acids is 1. The first-order valence-electron chi connectivity index (χ1n) is 10.2. The van der Waals surface area contributed by atoms with Gasteiger partial charge in [0.15, 0.2) is 11.6 Å². The molecule has 0 saturated carbocycles. The topological polar surface area (TPSA) is 114 Å². The summed E-state index contributed by atoms with van der Waals surface area (Å²) in [5, 5.41) is 17.3. The molecule has 3 aromatic rings. The molecule has 0 unspecified atom stereocenters. The summed E-state index contributed by atoms with van der Waals surface area (Å²) in [6.45, 7) is 1.00. The van der Waals surface area contributed by atoms with E-state index in [4.69, 9.17) is 10.8 Å². The van der Waals surface area contributed by atoms with E-state index in [2.05, 4.69) is 10.3 Å². The fourth-order valence-corrected chi connectivity index (χ4v) is 3.78. The summed E-state index contributed by atoms with van der Waals surface area (Å²) in [6.07, 6.45) is -0.230. The predicted molar refractivity (Wildman–Crippen MR) is 110 cm³/mol. The third kappa shape index (κ3) is 4.72. The van der Waals surface area contributed by atoms with E-state index in [0.717, 1.165) is 6.07 Å². The van der Waals surface area contributed by atoms with E-state index in [1.807, 2.05) is 0 Å². The first-order valence-corrected chi connectivity index (χ1v) is 10.2. The minimum atomic E-state index is -1.28. The summed E-state index contributed by atoms with van der Waals surface area (Å²) in [4.78, 5) is 25.4. The van der Waals surface area contributed by atoms with Crippen LogP contribution in [0.25, 0.3) is 11.3 Å². The van der Waals surface area contributed by atoms with Gasteiger partial charge in [-0.1, -0.05) is 17.3 Å². The number of fused-ring (bicyclic) bond motifs is 1. The number of carboxylic acid groups (broad SMARTS) is 1. The Kier molecular flexibility index (Phi) is 6.14. The molecule has 1 atom stereocenters. The Morgan fingerprint density at radius 1 is 1.06 bits per heavy atom. The first-order chi connectivity index (χ1) is 15.7. The van der Waals surface area contributed by atoms with Gasteiger partial charge in [-0.3, -0.25) is 4.79 Å².